The maximum absolute atomic E-state index is 12.9. The van der Waals surface area contributed by atoms with Crippen molar-refractivity contribution in [3.05, 3.63) is 100 Å². The first kappa shape index (κ1) is 20.0. The fourth-order valence-electron chi connectivity index (χ4n) is 3.16. The lowest BCUT2D eigenvalue weighted by Gasteiger charge is -2.17. The van der Waals surface area contributed by atoms with Gasteiger partial charge in [-0.1, -0.05) is 18.2 Å². The highest BCUT2D eigenvalue weighted by atomic mass is 16.2. The van der Waals surface area contributed by atoms with Crippen molar-refractivity contribution in [1.29, 1.82) is 0 Å². The van der Waals surface area contributed by atoms with Crippen molar-refractivity contribution in [2.75, 3.05) is 12.4 Å². The minimum absolute atomic E-state index is 0.130. The number of hydrogen-bond donors (Lipinski definition) is 2. The number of amides is 2. The molecule has 8 nitrogen and oxygen atoms in total. The standard InChI is InChI=1S/C23H19N5O3/c1-28(14-20-26-19-10-3-2-9-18(19)22(30)27-20)23(31)15-6-4-8-17(12-15)25-21(29)16-7-5-11-24-13-16/h2-13H,14H2,1H3,(H,25,29)(H,26,27,30). The van der Waals surface area contributed by atoms with Crippen molar-refractivity contribution >= 4 is 28.4 Å². The van der Waals surface area contributed by atoms with Crippen LogP contribution in [0.3, 0.4) is 0 Å². The number of benzene rings is 2. The summed E-state index contributed by atoms with van der Waals surface area (Å²) in [6, 6.07) is 17.0. The lowest BCUT2D eigenvalue weighted by atomic mass is 10.1. The molecule has 2 amide bonds. The van der Waals surface area contributed by atoms with Gasteiger partial charge in [-0.3, -0.25) is 19.4 Å². The summed E-state index contributed by atoms with van der Waals surface area (Å²) in [5, 5.41) is 3.26. The summed E-state index contributed by atoms with van der Waals surface area (Å²) in [6.45, 7) is 0.130. The van der Waals surface area contributed by atoms with Gasteiger partial charge in [0.25, 0.3) is 17.4 Å². The Hall–Kier alpha value is -4.33. The third kappa shape index (κ3) is 4.48. The number of aromatic nitrogens is 3. The molecule has 2 aromatic carbocycles. The van der Waals surface area contributed by atoms with Gasteiger partial charge >= 0.3 is 0 Å². The number of carbonyl (C=O) groups excluding carboxylic acids is 2. The van der Waals surface area contributed by atoms with Gasteiger partial charge in [-0.25, -0.2) is 4.98 Å². The van der Waals surface area contributed by atoms with E-state index in [1.165, 1.54) is 11.1 Å². The van der Waals surface area contributed by atoms with Gasteiger partial charge in [-0.15, -0.1) is 0 Å². The molecule has 0 aliphatic carbocycles. The number of pyridine rings is 1. The van der Waals surface area contributed by atoms with Gasteiger partial charge in [0.15, 0.2) is 0 Å². The van der Waals surface area contributed by atoms with Crippen molar-refractivity contribution in [3.8, 4) is 0 Å². The van der Waals surface area contributed by atoms with Gasteiger partial charge in [0.2, 0.25) is 0 Å². The molecule has 0 saturated carbocycles. The van der Waals surface area contributed by atoms with Crippen LogP contribution in [0.25, 0.3) is 10.9 Å². The van der Waals surface area contributed by atoms with E-state index in [1.807, 2.05) is 0 Å². The van der Waals surface area contributed by atoms with E-state index in [0.717, 1.165) is 0 Å². The molecular formula is C23H19N5O3. The zero-order chi connectivity index (χ0) is 21.8. The second kappa shape index (κ2) is 8.58. The van der Waals surface area contributed by atoms with Crippen LogP contribution >= 0.6 is 0 Å². The molecule has 4 rings (SSSR count). The average molecular weight is 413 g/mol. The average Bonchev–Trinajstić information content (AvgIpc) is 2.79. The minimum Gasteiger partial charge on any atom is -0.334 e. The molecule has 0 fully saturated rings. The molecule has 2 N–H and O–H groups in total. The monoisotopic (exact) mass is 413 g/mol. The van der Waals surface area contributed by atoms with E-state index >= 15 is 0 Å². The molecular weight excluding hydrogens is 394 g/mol. The van der Waals surface area contributed by atoms with Gasteiger partial charge in [0, 0.05) is 30.7 Å². The van der Waals surface area contributed by atoms with Gasteiger partial charge in [0.1, 0.15) is 5.82 Å². The number of anilines is 1. The number of fused-ring (bicyclic) bond motifs is 1. The molecule has 0 spiro atoms. The molecule has 0 aliphatic heterocycles. The second-order valence-corrected chi connectivity index (χ2v) is 6.97. The molecule has 154 valence electrons. The van der Waals surface area contributed by atoms with Crippen molar-refractivity contribution in [1.82, 2.24) is 19.9 Å². The lowest BCUT2D eigenvalue weighted by molar-refractivity contribution is 0.0781. The summed E-state index contributed by atoms with van der Waals surface area (Å²) in [6.07, 6.45) is 3.05. The number of aromatic amines is 1. The zero-order valence-corrected chi connectivity index (χ0v) is 16.7. The predicted octanol–water partition coefficient (Wildman–Crippen LogP) is 2.84. The van der Waals surface area contributed by atoms with Crippen molar-refractivity contribution < 1.29 is 9.59 Å². The molecule has 0 saturated heterocycles. The number of rotatable bonds is 5. The number of para-hydroxylation sites is 1. The van der Waals surface area contributed by atoms with Crippen LogP contribution in [-0.4, -0.2) is 38.7 Å². The largest absolute Gasteiger partial charge is 0.334 e. The first-order chi connectivity index (χ1) is 15.0. The fourth-order valence-corrected chi connectivity index (χ4v) is 3.16. The van der Waals surface area contributed by atoms with Crippen LogP contribution < -0.4 is 10.9 Å². The highest BCUT2D eigenvalue weighted by Crippen LogP contribution is 2.15. The van der Waals surface area contributed by atoms with E-state index < -0.39 is 0 Å². The van der Waals surface area contributed by atoms with Gasteiger partial charge < -0.3 is 15.2 Å². The Bertz CT molecular complexity index is 1320. The molecule has 4 aromatic rings. The SMILES string of the molecule is CN(Cc1nc2ccccc2c(=O)[nH]1)C(=O)c1cccc(NC(=O)c2cccnc2)c1. The maximum atomic E-state index is 12.9. The Kier molecular flexibility index (Phi) is 5.53. The Morgan fingerprint density at radius 3 is 2.65 bits per heavy atom. The molecule has 0 unspecified atom stereocenters. The maximum Gasteiger partial charge on any atom is 0.258 e. The van der Waals surface area contributed by atoms with Crippen molar-refractivity contribution in [2.24, 2.45) is 0 Å². The Morgan fingerprint density at radius 1 is 1.03 bits per heavy atom. The Labute approximate surface area is 177 Å². The minimum atomic E-state index is -0.316. The van der Waals surface area contributed by atoms with Gasteiger partial charge in [0.05, 0.1) is 23.0 Å². The molecule has 31 heavy (non-hydrogen) atoms. The van der Waals surface area contributed by atoms with Crippen LogP contribution in [0.5, 0.6) is 0 Å². The number of H-pyrrole nitrogens is 1. The Morgan fingerprint density at radius 2 is 1.84 bits per heavy atom. The molecule has 0 bridgehead atoms. The Balaban J connectivity index is 1.50. The van der Waals surface area contributed by atoms with Crippen LogP contribution in [0.2, 0.25) is 0 Å². The zero-order valence-electron chi connectivity index (χ0n) is 16.7. The predicted molar refractivity (Wildman–Crippen MR) is 117 cm³/mol. The van der Waals surface area contributed by atoms with Crippen LogP contribution in [-0.2, 0) is 6.54 Å². The quantitative estimate of drug-likeness (QED) is 0.523. The molecule has 0 atom stereocenters. The first-order valence-corrected chi connectivity index (χ1v) is 9.56. The number of carbonyl (C=O) groups is 2. The number of nitrogens with zero attached hydrogens (tertiary/aromatic N) is 3. The fraction of sp³-hybridized carbons (Fsp3) is 0.0870. The molecule has 0 aliphatic rings. The van der Waals surface area contributed by atoms with E-state index in [2.05, 4.69) is 20.3 Å². The van der Waals surface area contributed by atoms with Crippen LogP contribution in [0.1, 0.15) is 26.5 Å². The summed E-state index contributed by atoms with van der Waals surface area (Å²) in [5.41, 5.74) is 1.63. The van der Waals surface area contributed by atoms with Gasteiger partial charge in [-0.05, 0) is 42.5 Å². The number of hydrogen-bond acceptors (Lipinski definition) is 5. The normalized spacial score (nSPS) is 10.6. The third-order valence-electron chi connectivity index (χ3n) is 4.69. The second-order valence-electron chi connectivity index (χ2n) is 6.97. The highest BCUT2D eigenvalue weighted by molar-refractivity contribution is 6.04. The summed E-state index contributed by atoms with van der Waals surface area (Å²) < 4.78 is 0. The van der Waals surface area contributed by atoms with E-state index in [-0.39, 0.29) is 23.9 Å². The number of nitrogens with one attached hydrogen (secondary N) is 2. The summed E-state index contributed by atoms with van der Waals surface area (Å²) >= 11 is 0. The van der Waals surface area contributed by atoms with E-state index in [1.54, 1.807) is 73.9 Å². The van der Waals surface area contributed by atoms with Crippen LogP contribution in [0, 0.1) is 0 Å². The van der Waals surface area contributed by atoms with E-state index in [9.17, 15) is 14.4 Å². The highest BCUT2D eigenvalue weighted by Gasteiger charge is 2.15. The molecule has 0 radical (unpaired) electrons. The summed E-state index contributed by atoms with van der Waals surface area (Å²) in [7, 11) is 1.62. The van der Waals surface area contributed by atoms with Crippen molar-refractivity contribution in [3.63, 3.8) is 0 Å². The topological polar surface area (TPSA) is 108 Å². The lowest BCUT2D eigenvalue weighted by Crippen LogP contribution is -2.28. The van der Waals surface area contributed by atoms with Gasteiger partial charge in [-0.2, -0.15) is 0 Å². The molecule has 2 heterocycles. The molecule has 2 aromatic heterocycles. The summed E-state index contributed by atoms with van der Waals surface area (Å²) in [4.78, 5) is 50.0. The third-order valence-corrected chi connectivity index (χ3v) is 4.69. The van der Waals surface area contributed by atoms with E-state index in [4.69, 9.17) is 0 Å². The van der Waals surface area contributed by atoms with Crippen molar-refractivity contribution in [2.45, 2.75) is 6.54 Å². The van der Waals surface area contributed by atoms with E-state index in [0.29, 0.717) is 33.5 Å². The summed E-state index contributed by atoms with van der Waals surface area (Å²) in [5.74, 6) is -0.196. The molecule has 8 heteroatoms. The van der Waals surface area contributed by atoms with Crippen LogP contribution in [0.4, 0.5) is 5.69 Å². The van der Waals surface area contributed by atoms with Crippen LogP contribution in [0.15, 0.2) is 77.9 Å². The first-order valence-electron chi connectivity index (χ1n) is 9.56. The smallest absolute Gasteiger partial charge is 0.258 e.